The normalized spacial score (nSPS) is 19.8. The standard InChI is InChI=1S/C24H44N2O6S/c1-2-3-4-5-6-7-8-9-10-11-12-13-14-15-23(29)24-25-16-17-26(24,18-19-27)20-22(28)21-33(30,31)32/h4-5,22,27-28H,2-3,6-21H2,1H3/p+1/b5-4+. The van der Waals surface area contributed by atoms with Gasteiger partial charge in [0.2, 0.25) is 5.78 Å². The first-order valence-corrected chi connectivity index (χ1v) is 14.2. The largest absolute Gasteiger partial charge is 0.390 e. The molecule has 1 rings (SSSR count). The second kappa shape index (κ2) is 16.5. The summed E-state index contributed by atoms with van der Waals surface area (Å²) in [5.74, 6) is -0.585. The summed E-state index contributed by atoms with van der Waals surface area (Å²) in [4.78, 5) is 17.2. The lowest BCUT2D eigenvalue weighted by molar-refractivity contribution is -0.837. The molecule has 0 aliphatic carbocycles. The van der Waals surface area contributed by atoms with Crippen LogP contribution in [-0.4, -0.2) is 83.9 Å². The maximum Gasteiger partial charge on any atom is 0.267 e. The maximum atomic E-state index is 12.8. The summed E-state index contributed by atoms with van der Waals surface area (Å²) in [5.41, 5.74) is 0. The number of unbranched alkanes of at least 4 members (excludes halogenated alkanes) is 9. The minimum absolute atomic E-state index is 0.0281. The van der Waals surface area contributed by atoms with Crippen molar-refractivity contribution in [3.05, 3.63) is 12.2 Å². The van der Waals surface area contributed by atoms with Gasteiger partial charge in [-0.2, -0.15) is 8.42 Å². The van der Waals surface area contributed by atoms with Gasteiger partial charge in [0.25, 0.3) is 16.0 Å². The zero-order chi connectivity index (χ0) is 24.6. The Morgan fingerprint density at radius 2 is 1.67 bits per heavy atom. The highest BCUT2D eigenvalue weighted by Gasteiger charge is 2.43. The fourth-order valence-electron chi connectivity index (χ4n) is 4.46. The number of rotatable bonds is 20. The number of aliphatic hydroxyl groups is 2. The van der Waals surface area contributed by atoms with Gasteiger partial charge in [-0.3, -0.25) is 13.8 Å². The molecule has 0 saturated heterocycles. The number of amidine groups is 1. The quantitative estimate of drug-likeness (QED) is 0.104. The molecule has 1 heterocycles. The van der Waals surface area contributed by atoms with Crippen molar-refractivity contribution in [3.63, 3.8) is 0 Å². The Kier molecular flexibility index (Phi) is 14.9. The fraction of sp³-hybridized carbons (Fsp3) is 0.833. The summed E-state index contributed by atoms with van der Waals surface area (Å²) in [7, 11) is -4.33. The number of hydrogen-bond donors (Lipinski definition) is 3. The monoisotopic (exact) mass is 489 g/mol. The summed E-state index contributed by atoms with van der Waals surface area (Å²) >= 11 is 0. The minimum Gasteiger partial charge on any atom is -0.390 e. The Balaban J connectivity index is 2.31. The van der Waals surface area contributed by atoms with Crippen LogP contribution in [0.3, 0.4) is 0 Å². The van der Waals surface area contributed by atoms with E-state index in [1.54, 1.807) is 0 Å². The van der Waals surface area contributed by atoms with Crippen LogP contribution in [0.4, 0.5) is 0 Å². The van der Waals surface area contributed by atoms with Crippen molar-refractivity contribution in [2.45, 2.75) is 90.1 Å². The average molecular weight is 490 g/mol. The number of carbonyl (C=O) groups excluding carboxylic acids is 1. The molecule has 1 aliphatic heterocycles. The molecular weight excluding hydrogens is 444 g/mol. The van der Waals surface area contributed by atoms with Crippen molar-refractivity contribution in [2.75, 3.05) is 38.5 Å². The van der Waals surface area contributed by atoms with E-state index in [0.717, 1.165) is 19.3 Å². The van der Waals surface area contributed by atoms with E-state index in [1.165, 1.54) is 51.4 Å². The molecule has 0 radical (unpaired) electrons. The average Bonchev–Trinajstić information content (AvgIpc) is 3.13. The summed E-state index contributed by atoms with van der Waals surface area (Å²) in [6.07, 6.45) is 16.2. The number of aliphatic hydroxyl groups excluding tert-OH is 2. The van der Waals surface area contributed by atoms with Gasteiger partial charge in [0.05, 0.1) is 13.2 Å². The van der Waals surface area contributed by atoms with Gasteiger partial charge in [0, 0.05) is 6.42 Å². The van der Waals surface area contributed by atoms with E-state index in [4.69, 9.17) is 4.55 Å². The van der Waals surface area contributed by atoms with Gasteiger partial charge in [-0.15, -0.1) is 0 Å². The predicted molar refractivity (Wildman–Crippen MR) is 132 cm³/mol. The van der Waals surface area contributed by atoms with Gasteiger partial charge in [0.15, 0.2) is 0 Å². The van der Waals surface area contributed by atoms with E-state index in [1.807, 2.05) is 0 Å². The smallest absolute Gasteiger partial charge is 0.267 e. The van der Waals surface area contributed by atoms with Gasteiger partial charge >= 0.3 is 0 Å². The van der Waals surface area contributed by atoms with Crippen LogP contribution in [0.5, 0.6) is 0 Å². The Morgan fingerprint density at radius 3 is 2.27 bits per heavy atom. The van der Waals surface area contributed by atoms with E-state index in [2.05, 4.69) is 24.1 Å². The Hall–Kier alpha value is -1.13. The zero-order valence-electron chi connectivity index (χ0n) is 20.3. The molecule has 1 aliphatic rings. The number of nitrogens with zero attached hydrogens (tertiary/aromatic N) is 2. The van der Waals surface area contributed by atoms with Crippen LogP contribution in [-0.2, 0) is 14.9 Å². The lowest BCUT2D eigenvalue weighted by Gasteiger charge is -2.34. The van der Waals surface area contributed by atoms with Crippen LogP contribution in [0.25, 0.3) is 0 Å². The highest BCUT2D eigenvalue weighted by atomic mass is 32.2. The Bertz CT molecular complexity index is 722. The van der Waals surface area contributed by atoms with Crippen molar-refractivity contribution in [1.29, 1.82) is 0 Å². The zero-order valence-corrected chi connectivity index (χ0v) is 21.1. The SMILES string of the molecule is CCC/C=C/CCCCCCCCCCC(=O)C1=NCC[N+]1(CCO)CC(O)CS(=O)(=O)O. The summed E-state index contributed by atoms with van der Waals surface area (Å²) in [6.45, 7) is 2.92. The van der Waals surface area contributed by atoms with Crippen molar-refractivity contribution in [2.24, 2.45) is 4.99 Å². The fourth-order valence-corrected chi connectivity index (χ4v) is 5.05. The number of allylic oxidation sites excluding steroid dienone is 2. The van der Waals surface area contributed by atoms with Gasteiger partial charge in [-0.05, 0) is 25.7 Å². The highest BCUT2D eigenvalue weighted by Crippen LogP contribution is 2.20. The topological polar surface area (TPSA) is 124 Å². The first-order valence-electron chi connectivity index (χ1n) is 12.6. The molecule has 33 heavy (non-hydrogen) atoms. The van der Waals surface area contributed by atoms with Crippen molar-refractivity contribution < 1.29 is 32.5 Å². The number of aliphatic imine (C=N–C) groups is 1. The Morgan fingerprint density at radius 1 is 1.06 bits per heavy atom. The van der Waals surface area contributed by atoms with Crippen LogP contribution < -0.4 is 0 Å². The molecule has 0 aromatic rings. The Labute approximate surface area is 200 Å². The molecule has 0 aromatic carbocycles. The van der Waals surface area contributed by atoms with Gasteiger partial charge < -0.3 is 10.2 Å². The summed E-state index contributed by atoms with van der Waals surface area (Å²) in [6, 6.07) is 0. The molecule has 9 heteroatoms. The molecule has 192 valence electrons. The number of ketones is 1. The first kappa shape index (κ1) is 29.9. The number of Topliss-reactive ketones (excluding diaryl/α,β-unsaturated/α-hetero) is 1. The van der Waals surface area contributed by atoms with Crippen LogP contribution in [0.2, 0.25) is 0 Å². The molecule has 0 aromatic heterocycles. The molecule has 2 atom stereocenters. The first-order chi connectivity index (χ1) is 15.7. The van der Waals surface area contributed by atoms with E-state index in [-0.39, 0.29) is 30.0 Å². The number of quaternary nitrogens is 1. The van der Waals surface area contributed by atoms with E-state index >= 15 is 0 Å². The van der Waals surface area contributed by atoms with Gasteiger partial charge in [0.1, 0.15) is 31.5 Å². The van der Waals surface area contributed by atoms with E-state index in [9.17, 15) is 23.4 Å². The van der Waals surface area contributed by atoms with Crippen LogP contribution in [0.1, 0.15) is 84.0 Å². The van der Waals surface area contributed by atoms with Crippen molar-refractivity contribution in [3.8, 4) is 0 Å². The van der Waals surface area contributed by atoms with Gasteiger partial charge in [-0.1, -0.05) is 64.0 Å². The molecule has 3 N–H and O–H groups in total. The molecule has 0 fully saturated rings. The number of hydrogen-bond acceptors (Lipinski definition) is 6. The lowest BCUT2D eigenvalue weighted by Crippen LogP contribution is -2.59. The molecule has 0 amide bonds. The summed E-state index contributed by atoms with van der Waals surface area (Å²) in [5, 5.41) is 19.6. The van der Waals surface area contributed by atoms with Crippen LogP contribution >= 0.6 is 0 Å². The predicted octanol–water partition coefficient (Wildman–Crippen LogP) is 3.28. The molecule has 2 unspecified atom stereocenters. The molecule has 0 bridgehead atoms. The van der Waals surface area contributed by atoms with Crippen LogP contribution in [0.15, 0.2) is 17.1 Å². The minimum atomic E-state index is -4.33. The molecule has 8 nitrogen and oxygen atoms in total. The third-order valence-corrected chi connectivity index (χ3v) is 6.93. The maximum absolute atomic E-state index is 12.8. The van der Waals surface area contributed by atoms with Crippen molar-refractivity contribution in [1.82, 2.24) is 0 Å². The second-order valence-corrected chi connectivity index (χ2v) is 10.7. The molecular formula is C24H45N2O6S+. The highest BCUT2D eigenvalue weighted by molar-refractivity contribution is 7.85. The second-order valence-electron chi connectivity index (χ2n) is 9.16. The van der Waals surface area contributed by atoms with E-state index < -0.39 is 22.0 Å². The summed E-state index contributed by atoms with van der Waals surface area (Å²) < 4.78 is 31.1. The van der Waals surface area contributed by atoms with Crippen LogP contribution in [0, 0.1) is 0 Å². The lowest BCUT2D eigenvalue weighted by atomic mass is 10.0. The molecule has 0 saturated carbocycles. The van der Waals surface area contributed by atoms with E-state index in [0.29, 0.717) is 25.3 Å². The number of carbonyl (C=O) groups is 1. The third kappa shape index (κ3) is 12.8. The van der Waals surface area contributed by atoms with Gasteiger partial charge in [-0.25, -0.2) is 4.99 Å². The third-order valence-electron chi connectivity index (χ3n) is 6.13. The molecule has 0 spiro atoms. The van der Waals surface area contributed by atoms with Crippen molar-refractivity contribution >= 4 is 21.7 Å².